The molecule has 1 unspecified atom stereocenters. The maximum Gasteiger partial charge on any atom is 0.272 e. The summed E-state index contributed by atoms with van der Waals surface area (Å²) in [6.45, 7) is 1.50. The van der Waals surface area contributed by atoms with E-state index in [4.69, 9.17) is 0 Å². The Morgan fingerprint density at radius 2 is 2.22 bits per heavy atom. The second-order valence-corrected chi connectivity index (χ2v) is 6.14. The van der Waals surface area contributed by atoms with Crippen LogP contribution in [0.25, 0.3) is 11.0 Å². The standard InChI is InChI=1S/C17H19N5O/c1-21-10-7-12-4-5-15(19-16(12)21)17(23)22-9-2-3-13(11-22)14-6-8-18-20-14/h4-8,10,13H,2-3,9,11H2,1H3,(H,18,20). The Hall–Kier alpha value is -2.63. The Labute approximate surface area is 134 Å². The lowest BCUT2D eigenvalue weighted by Gasteiger charge is -2.32. The van der Waals surface area contributed by atoms with Crippen LogP contribution in [0.1, 0.15) is 34.9 Å². The molecule has 1 fully saturated rings. The number of amides is 1. The van der Waals surface area contributed by atoms with Crippen LogP contribution in [0.2, 0.25) is 0 Å². The predicted molar refractivity (Wildman–Crippen MR) is 87.2 cm³/mol. The van der Waals surface area contributed by atoms with Gasteiger partial charge in [0.1, 0.15) is 11.3 Å². The molecule has 1 aliphatic heterocycles. The zero-order valence-corrected chi connectivity index (χ0v) is 13.1. The quantitative estimate of drug-likeness (QED) is 0.790. The lowest BCUT2D eigenvalue weighted by atomic mass is 9.94. The van der Waals surface area contributed by atoms with E-state index in [1.54, 1.807) is 6.20 Å². The van der Waals surface area contributed by atoms with Crippen LogP contribution in [0, 0.1) is 0 Å². The molecular formula is C17H19N5O. The van der Waals surface area contributed by atoms with Crippen LogP contribution in [0.3, 0.4) is 0 Å². The maximum absolute atomic E-state index is 12.8. The molecule has 1 N–H and O–H groups in total. The number of rotatable bonds is 2. The minimum atomic E-state index is 0.0114. The number of hydrogen-bond donors (Lipinski definition) is 1. The van der Waals surface area contributed by atoms with Crippen molar-refractivity contribution in [2.24, 2.45) is 7.05 Å². The van der Waals surface area contributed by atoms with E-state index in [1.165, 1.54) is 0 Å². The van der Waals surface area contributed by atoms with Gasteiger partial charge in [0.2, 0.25) is 0 Å². The molecule has 0 bridgehead atoms. The Morgan fingerprint density at radius 1 is 1.30 bits per heavy atom. The van der Waals surface area contributed by atoms with Crippen LogP contribution in [-0.2, 0) is 7.05 Å². The molecule has 23 heavy (non-hydrogen) atoms. The number of H-pyrrole nitrogens is 1. The van der Waals surface area contributed by atoms with Crippen molar-refractivity contribution >= 4 is 16.9 Å². The summed E-state index contributed by atoms with van der Waals surface area (Å²) in [5.74, 6) is 0.339. The van der Waals surface area contributed by atoms with Crippen LogP contribution >= 0.6 is 0 Å². The van der Waals surface area contributed by atoms with Crippen molar-refractivity contribution in [1.29, 1.82) is 0 Å². The SMILES string of the molecule is Cn1ccc2ccc(C(=O)N3CCCC(c4ccn[nH]4)C3)nc21. The van der Waals surface area contributed by atoms with Gasteiger partial charge >= 0.3 is 0 Å². The van der Waals surface area contributed by atoms with Crippen LogP contribution in [0.15, 0.2) is 36.7 Å². The molecule has 1 atom stereocenters. The third-order valence-electron chi connectivity index (χ3n) is 4.61. The summed E-state index contributed by atoms with van der Waals surface area (Å²) in [5.41, 5.74) is 2.47. The van der Waals surface area contributed by atoms with Gasteiger partial charge < -0.3 is 9.47 Å². The third-order valence-corrected chi connectivity index (χ3v) is 4.61. The van der Waals surface area contributed by atoms with Gasteiger partial charge in [0.25, 0.3) is 5.91 Å². The number of aryl methyl sites for hydroxylation is 1. The van der Waals surface area contributed by atoms with Gasteiger partial charge in [-0.15, -0.1) is 0 Å². The van der Waals surface area contributed by atoms with E-state index in [2.05, 4.69) is 15.2 Å². The molecule has 0 saturated carbocycles. The summed E-state index contributed by atoms with van der Waals surface area (Å²) in [6, 6.07) is 7.79. The van der Waals surface area contributed by atoms with Gasteiger partial charge in [0, 0.05) is 49.5 Å². The van der Waals surface area contributed by atoms with E-state index in [0.717, 1.165) is 36.1 Å². The van der Waals surface area contributed by atoms with E-state index in [-0.39, 0.29) is 5.91 Å². The summed E-state index contributed by atoms with van der Waals surface area (Å²) in [4.78, 5) is 19.3. The molecule has 1 amide bonds. The monoisotopic (exact) mass is 309 g/mol. The molecule has 4 heterocycles. The van der Waals surface area contributed by atoms with Crippen LogP contribution < -0.4 is 0 Å². The van der Waals surface area contributed by atoms with Gasteiger partial charge in [0.05, 0.1) is 0 Å². The van der Waals surface area contributed by atoms with E-state index < -0.39 is 0 Å². The number of hydrogen-bond acceptors (Lipinski definition) is 3. The van der Waals surface area contributed by atoms with E-state index in [9.17, 15) is 4.79 Å². The summed E-state index contributed by atoms with van der Waals surface area (Å²) in [7, 11) is 1.94. The second kappa shape index (κ2) is 5.53. The lowest BCUT2D eigenvalue weighted by Crippen LogP contribution is -2.39. The van der Waals surface area contributed by atoms with Crippen molar-refractivity contribution in [3.63, 3.8) is 0 Å². The fourth-order valence-corrected chi connectivity index (χ4v) is 3.33. The molecule has 3 aromatic rings. The summed E-state index contributed by atoms with van der Waals surface area (Å²) in [6.07, 6.45) is 5.81. The summed E-state index contributed by atoms with van der Waals surface area (Å²) < 4.78 is 1.94. The normalized spacial score (nSPS) is 18.5. The third kappa shape index (κ3) is 2.50. The van der Waals surface area contributed by atoms with E-state index in [1.807, 2.05) is 47.0 Å². The highest BCUT2D eigenvalue weighted by Crippen LogP contribution is 2.26. The van der Waals surface area contributed by atoms with E-state index >= 15 is 0 Å². The first kappa shape index (κ1) is 14.0. The Kier molecular flexibility index (Phi) is 3.37. The predicted octanol–water partition coefficient (Wildman–Crippen LogP) is 2.32. The first-order valence-corrected chi connectivity index (χ1v) is 7.93. The van der Waals surface area contributed by atoms with Crippen molar-refractivity contribution in [2.75, 3.05) is 13.1 Å². The smallest absolute Gasteiger partial charge is 0.272 e. The molecular weight excluding hydrogens is 290 g/mol. The fourth-order valence-electron chi connectivity index (χ4n) is 3.33. The average molecular weight is 309 g/mol. The molecule has 6 nitrogen and oxygen atoms in total. The minimum Gasteiger partial charge on any atom is -0.337 e. The molecule has 118 valence electrons. The van der Waals surface area contributed by atoms with Crippen molar-refractivity contribution < 1.29 is 4.79 Å². The molecule has 0 radical (unpaired) electrons. The van der Waals surface area contributed by atoms with Gasteiger partial charge in [-0.25, -0.2) is 4.98 Å². The molecule has 4 rings (SSSR count). The highest BCUT2D eigenvalue weighted by molar-refractivity contribution is 5.94. The van der Waals surface area contributed by atoms with Crippen molar-refractivity contribution in [3.05, 3.63) is 48.0 Å². The van der Waals surface area contributed by atoms with Gasteiger partial charge in [-0.05, 0) is 37.1 Å². The van der Waals surface area contributed by atoms with Gasteiger partial charge in [-0.2, -0.15) is 5.10 Å². The number of aromatic nitrogens is 4. The topological polar surface area (TPSA) is 66.8 Å². The zero-order chi connectivity index (χ0) is 15.8. The van der Waals surface area contributed by atoms with Gasteiger partial charge in [-0.3, -0.25) is 9.89 Å². The zero-order valence-electron chi connectivity index (χ0n) is 13.1. The molecule has 1 saturated heterocycles. The molecule has 3 aromatic heterocycles. The maximum atomic E-state index is 12.8. The van der Waals surface area contributed by atoms with Crippen molar-refractivity contribution in [3.8, 4) is 0 Å². The fraction of sp³-hybridized carbons (Fsp3) is 0.353. The number of pyridine rings is 1. The number of nitrogens with zero attached hydrogens (tertiary/aromatic N) is 4. The van der Waals surface area contributed by atoms with Crippen molar-refractivity contribution in [1.82, 2.24) is 24.6 Å². The molecule has 0 aliphatic carbocycles. The number of carbonyl (C=O) groups excluding carboxylic acids is 1. The average Bonchev–Trinajstić information content (AvgIpc) is 3.25. The minimum absolute atomic E-state index is 0.0114. The lowest BCUT2D eigenvalue weighted by molar-refractivity contribution is 0.0700. The first-order chi connectivity index (χ1) is 11.2. The van der Waals surface area contributed by atoms with Crippen molar-refractivity contribution in [2.45, 2.75) is 18.8 Å². The Balaban J connectivity index is 1.58. The molecule has 0 aromatic carbocycles. The number of piperidine rings is 1. The number of fused-ring (bicyclic) bond motifs is 1. The van der Waals surface area contributed by atoms with Crippen LogP contribution in [0.5, 0.6) is 0 Å². The Bertz CT molecular complexity index is 836. The number of aromatic amines is 1. The van der Waals surface area contributed by atoms with Gasteiger partial charge in [0.15, 0.2) is 0 Å². The molecule has 6 heteroatoms. The first-order valence-electron chi connectivity index (χ1n) is 7.93. The highest BCUT2D eigenvalue weighted by atomic mass is 16.2. The second-order valence-electron chi connectivity index (χ2n) is 6.14. The van der Waals surface area contributed by atoms with Gasteiger partial charge in [-0.1, -0.05) is 0 Å². The number of nitrogens with one attached hydrogen (secondary N) is 1. The van der Waals surface area contributed by atoms with E-state index in [0.29, 0.717) is 18.2 Å². The number of likely N-dealkylation sites (tertiary alicyclic amines) is 1. The Morgan fingerprint density at radius 3 is 3.04 bits per heavy atom. The largest absolute Gasteiger partial charge is 0.337 e. The highest BCUT2D eigenvalue weighted by Gasteiger charge is 2.27. The molecule has 0 spiro atoms. The van der Waals surface area contributed by atoms with Crippen LogP contribution in [-0.4, -0.2) is 43.6 Å². The summed E-state index contributed by atoms with van der Waals surface area (Å²) >= 11 is 0. The molecule has 1 aliphatic rings. The number of carbonyl (C=O) groups is 1. The summed E-state index contributed by atoms with van der Waals surface area (Å²) in [5, 5.41) is 8.10. The van der Waals surface area contributed by atoms with Crippen LogP contribution in [0.4, 0.5) is 0 Å².